The summed E-state index contributed by atoms with van der Waals surface area (Å²) in [7, 11) is 3.11. The summed E-state index contributed by atoms with van der Waals surface area (Å²) in [6.45, 7) is 3.85. The summed E-state index contributed by atoms with van der Waals surface area (Å²) in [5, 5.41) is 6.50. The van der Waals surface area contributed by atoms with Crippen molar-refractivity contribution in [3.05, 3.63) is 48.0 Å². The van der Waals surface area contributed by atoms with E-state index in [-0.39, 0.29) is 12.5 Å². The van der Waals surface area contributed by atoms with Crippen LogP contribution in [0.15, 0.2) is 47.6 Å². The van der Waals surface area contributed by atoms with Crippen molar-refractivity contribution in [2.75, 3.05) is 19.5 Å². The lowest BCUT2D eigenvalue weighted by atomic mass is 10.2. The van der Waals surface area contributed by atoms with E-state index >= 15 is 0 Å². The number of amides is 2. The fourth-order valence-electron chi connectivity index (χ4n) is 2.36. The largest absolute Gasteiger partial charge is 0.497 e. The molecule has 0 aliphatic rings. The molecule has 8 heteroatoms. The molecule has 154 valence electrons. The first-order valence-corrected chi connectivity index (χ1v) is 9.01. The molecule has 2 N–H and O–H groups in total. The van der Waals surface area contributed by atoms with Gasteiger partial charge in [-0.25, -0.2) is 5.43 Å². The molecule has 0 saturated heterocycles. The smallest absolute Gasteiger partial charge is 0.249 e. The Morgan fingerprint density at radius 2 is 1.72 bits per heavy atom. The Bertz CT molecular complexity index is 863. The fourth-order valence-corrected chi connectivity index (χ4v) is 2.36. The van der Waals surface area contributed by atoms with Gasteiger partial charge in [0.25, 0.3) is 0 Å². The number of carbonyl (C=O) groups is 2. The van der Waals surface area contributed by atoms with Crippen molar-refractivity contribution in [3.8, 4) is 17.2 Å². The maximum atomic E-state index is 11.9. The van der Waals surface area contributed by atoms with Crippen LogP contribution < -0.4 is 25.0 Å². The summed E-state index contributed by atoms with van der Waals surface area (Å²) in [5.74, 6) is 0.890. The first-order chi connectivity index (χ1) is 13.9. The molecule has 0 bridgehead atoms. The molecule has 8 nitrogen and oxygen atoms in total. The SMILES string of the molecule is COc1ccc(NC(=O)CC(=O)NN=Cc2ccc(OC(C)C)c(OC)c2)cc1. The lowest BCUT2D eigenvalue weighted by Crippen LogP contribution is -2.24. The number of carbonyl (C=O) groups excluding carboxylic acids is 2. The van der Waals surface area contributed by atoms with Crippen LogP contribution >= 0.6 is 0 Å². The van der Waals surface area contributed by atoms with E-state index < -0.39 is 11.8 Å². The highest BCUT2D eigenvalue weighted by Crippen LogP contribution is 2.28. The number of ether oxygens (including phenoxy) is 3. The fraction of sp³-hybridized carbons (Fsp3) is 0.286. The van der Waals surface area contributed by atoms with E-state index in [2.05, 4.69) is 15.8 Å². The molecule has 0 radical (unpaired) electrons. The van der Waals surface area contributed by atoms with Crippen molar-refractivity contribution in [2.24, 2.45) is 5.10 Å². The summed E-state index contributed by atoms with van der Waals surface area (Å²) in [4.78, 5) is 23.8. The van der Waals surface area contributed by atoms with E-state index in [0.29, 0.717) is 28.5 Å². The van der Waals surface area contributed by atoms with Crippen molar-refractivity contribution in [3.63, 3.8) is 0 Å². The van der Waals surface area contributed by atoms with E-state index in [0.717, 1.165) is 0 Å². The summed E-state index contributed by atoms with van der Waals surface area (Å²) < 4.78 is 16.0. The van der Waals surface area contributed by atoms with Gasteiger partial charge in [-0.05, 0) is 61.9 Å². The quantitative estimate of drug-likeness (QED) is 0.384. The Morgan fingerprint density at radius 1 is 1.00 bits per heavy atom. The van der Waals surface area contributed by atoms with E-state index in [4.69, 9.17) is 14.2 Å². The molecule has 0 fully saturated rings. The minimum atomic E-state index is -0.529. The summed E-state index contributed by atoms with van der Waals surface area (Å²) in [5.41, 5.74) is 3.61. The highest BCUT2D eigenvalue weighted by Gasteiger charge is 2.10. The average Bonchev–Trinajstić information content (AvgIpc) is 2.69. The normalized spacial score (nSPS) is 10.7. The molecule has 0 atom stereocenters. The molecule has 0 unspecified atom stereocenters. The number of hydrazone groups is 1. The second-order valence-corrected chi connectivity index (χ2v) is 6.32. The number of anilines is 1. The highest BCUT2D eigenvalue weighted by atomic mass is 16.5. The van der Waals surface area contributed by atoms with E-state index in [9.17, 15) is 9.59 Å². The first-order valence-electron chi connectivity index (χ1n) is 9.01. The van der Waals surface area contributed by atoms with Crippen LogP contribution in [0, 0.1) is 0 Å². The molecule has 0 heterocycles. The minimum absolute atomic E-state index is 0.0202. The molecule has 0 aliphatic carbocycles. The van der Waals surface area contributed by atoms with Crippen molar-refractivity contribution in [1.29, 1.82) is 0 Å². The lowest BCUT2D eigenvalue weighted by Gasteiger charge is -2.13. The molecular formula is C21H25N3O5. The second-order valence-electron chi connectivity index (χ2n) is 6.32. The van der Waals surface area contributed by atoms with Gasteiger partial charge in [-0.15, -0.1) is 0 Å². The van der Waals surface area contributed by atoms with Crippen molar-refractivity contribution in [2.45, 2.75) is 26.4 Å². The molecule has 2 aromatic rings. The Balaban J connectivity index is 1.86. The van der Waals surface area contributed by atoms with Crippen LogP contribution in [0.2, 0.25) is 0 Å². The van der Waals surface area contributed by atoms with Gasteiger partial charge in [-0.2, -0.15) is 5.10 Å². The van der Waals surface area contributed by atoms with Crippen molar-refractivity contribution in [1.82, 2.24) is 5.43 Å². The van der Waals surface area contributed by atoms with Crippen molar-refractivity contribution >= 4 is 23.7 Å². The molecule has 29 heavy (non-hydrogen) atoms. The van der Waals surface area contributed by atoms with Crippen LogP contribution in [0.5, 0.6) is 17.2 Å². The monoisotopic (exact) mass is 399 g/mol. The maximum Gasteiger partial charge on any atom is 0.249 e. The van der Waals surface area contributed by atoms with E-state index in [1.54, 1.807) is 56.7 Å². The van der Waals surface area contributed by atoms with Crippen LogP contribution in [-0.4, -0.2) is 38.4 Å². The van der Waals surface area contributed by atoms with Crippen molar-refractivity contribution < 1.29 is 23.8 Å². The Morgan fingerprint density at radius 3 is 2.34 bits per heavy atom. The lowest BCUT2D eigenvalue weighted by molar-refractivity contribution is -0.126. The second kappa shape index (κ2) is 10.7. The highest BCUT2D eigenvalue weighted by molar-refractivity contribution is 6.03. The van der Waals surface area contributed by atoms with E-state index in [1.165, 1.54) is 6.21 Å². The molecule has 0 aromatic heterocycles. The van der Waals surface area contributed by atoms with Gasteiger partial charge in [0.1, 0.15) is 12.2 Å². The molecule has 0 saturated carbocycles. The number of methoxy groups -OCH3 is 2. The van der Waals surface area contributed by atoms with Crippen LogP contribution in [0.3, 0.4) is 0 Å². The third-order valence-corrected chi connectivity index (χ3v) is 3.65. The summed E-state index contributed by atoms with van der Waals surface area (Å²) in [6, 6.07) is 12.1. The molecule has 0 spiro atoms. The van der Waals surface area contributed by atoms with Crippen LogP contribution in [-0.2, 0) is 9.59 Å². The Kier molecular flexibility index (Phi) is 8.02. The Hall–Kier alpha value is -3.55. The van der Waals surface area contributed by atoms with Gasteiger partial charge in [0.2, 0.25) is 11.8 Å². The van der Waals surface area contributed by atoms with Gasteiger partial charge in [-0.1, -0.05) is 0 Å². The molecule has 2 amide bonds. The van der Waals surface area contributed by atoms with Gasteiger partial charge in [-0.3, -0.25) is 9.59 Å². The number of rotatable bonds is 9. The predicted molar refractivity (Wildman–Crippen MR) is 111 cm³/mol. The Labute approximate surface area is 169 Å². The summed E-state index contributed by atoms with van der Waals surface area (Å²) >= 11 is 0. The summed E-state index contributed by atoms with van der Waals surface area (Å²) in [6.07, 6.45) is 1.13. The number of nitrogens with zero attached hydrogens (tertiary/aromatic N) is 1. The molecule has 2 aromatic carbocycles. The first kappa shape index (κ1) is 21.7. The van der Waals surface area contributed by atoms with Gasteiger partial charge in [0.15, 0.2) is 11.5 Å². The zero-order valence-electron chi connectivity index (χ0n) is 16.9. The topological polar surface area (TPSA) is 98.2 Å². The van der Waals surface area contributed by atoms with Gasteiger partial charge < -0.3 is 19.5 Å². The molecule has 0 aliphatic heterocycles. The third kappa shape index (κ3) is 7.17. The molecule has 2 rings (SSSR count). The number of hydrogen-bond donors (Lipinski definition) is 2. The third-order valence-electron chi connectivity index (χ3n) is 3.65. The number of nitrogens with one attached hydrogen (secondary N) is 2. The zero-order chi connectivity index (χ0) is 21.2. The van der Waals surface area contributed by atoms with Gasteiger partial charge in [0.05, 0.1) is 26.5 Å². The van der Waals surface area contributed by atoms with Crippen LogP contribution in [0.4, 0.5) is 5.69 Å². The number of benzene rings is 2. The number of hydrogen-bond acceptors (Lipinski definition) is 6. The van der Waals surface area contributed by atoms with Gasteiger partial charge >= 0.3 is 0 Å². The standard InChI is InChI=1S/C21H25N3O5/c1-14(2)29-18-10-5-15(11-19(18)28-4)13-22-24-21(26)12-20(25)23-16-6-8-17(27-3)9-7-16/h5-11,13-14H,12H2,1-4H3,(H,23,25)(H,24,26). The van der Waals surface area contributed by atoms with Crippen LogP contribution in [0.1, 0.15) is 25.8 Å². The molecular weight excluding hydrogens is 374 g/mol. The maximum absolute atomic E-state index is 11.9. The van der Waals surface area contributed by atoms with E-state index in [1.807, 2.05) is 13.8 Å². The van der Waals surface area contributed by atoms with Crippen LogP contribution in [0.25, 0.3) is 0 Å². The minimum Gasteiger partial charge on any atom is -0.497 e. The predicted octanol–water partition coefficient (Wildman–Crippen LogP) is 2.97. The van der Waals surface area contributed by atoms with Gasteiger partial charge in [0, 0.05) is 5.69 Å². The zero-order valence-corrected chi connectivity index (χ0v) is 16.9. The average molecular weight is 399 g/mol.